The van der Waals surface area contributed by atoms with Crippen LogP contribution in [0.4, 0.5) is 0 Å². The molecule has 7 heteroatoms. The summed E-state index contributed by atoms with van der Waals surface area (Å²) in [6.07, 6.45) is 4.00. The van der Waals surface area contributed by atoms with Crippen molar-refractivity contribution in [3.63, 3.8) is 0 Å². The molecule has 0 fully saturated rings. The molecular weight excluding hydrogens is 392 g/mol. The SMILES string of the molecule is COc1cccc(CNC(=O)Cn2nc(Cc3cccnc3)c3ccccc3c2=O)c1. The molecule has 31 heavy (non-hydrogen) atoms. The van der Waals surface area contributed by atoms with Crippen molar-refractivity contribution < 1.29 is 9.53 Å². The highest BCUT2D eigenvalue weighted by Gasteiger charge is 2.13. The number of nitrogens with one attached hydrogen (secondary N) is 1. The van der Waals surface area contributed by atoms with Crippen molar-refractivity contribution in [1.29, 1.82) is 0 Å². The van der Waals surface area contributed by atoms with Crippen LogP contribution in [0.5, 0.6) is 5.75 Å². The van der Waals surface area contributed by atoms with Crippen LogP contribution in [-0.2, 0) is 24.3 Å². The van der Waals surface area contributed by atoms with E-state index in [1.165, 1.54) is 4.68 Å². The van der Waals surface area contributed by atoms with Gasteiger partial charge in [0.05, 0.1) is 18.2 Å². The molecule has 1 N–H and O–H groups in total. The van der Waals surface area contributed by atoms with E-state index in [-0.39, 0.29) is 18.0 Å². The van der Waals surface area contributed by atoms with Crippen molar-refractivity contribution in [1.82, 2.24) is 20.1 Å². The average molecular weight is 414 g/mol. The Kier molecular flexibility index (Phi) is 6.03. The molecular formula is C24H22N4O3. The van der Waals surface area contributed by atoms with Crippen molar-refractivity contribution in [3.8, 4) is 5.75 Å². The number of benzene rings is 2. The van der Waals surface area contributed by atoms with Gasteiger partial charge < -0.3 is 10.1 Å². The number of hydrogen-bond acceptors (Lipinski definition) is 5. The minimum atomic E-state index is -0.292. The van der Waals surface area contributed by atoms with Gasteiger partial charge in [0.2, 0.25) is 5.91 Å². The topological polar surface area (TPSA) is 86.1 Å². The fourth-order valence-electron chi connectivity index (χ4n) is 3.41. The van der Waals surface area contributed by atoms with Gasteiger partial charge in [0, 0.05) is 30.7 Å². The minimum Gasteiger partial charge on any atom is -0.497 e. The quantitative estimate of drug-likeness (QED) is 0.503. The smallest absolute Gasteiger partial charge is 0.275 e. The predicted molar refractivity (Wildman–Crippen MR) is 118 cm³/mol. The van der Waals surface area contributed by atoms with Crippen LogP contribution in [0, 0.1) is 0 Å². The average Bonchev–Trinajstić information content (AvgIpc) is 2.81. The molecule has 0 saturated heterocycles. The summed E-state index contributed by atoms with van der Waals surface area (Å²) >= 11 is 0. The van der Waals surface area contributed by atoms with Crippen LogP contribution in [0.25, 0.3) is 10.8 Å². The number of nitrogens with zero attached hydrogens (tertiary/aromatic N) is 3. The lowest BCUT2D eigenvalue weighted by Crippen LogP contribution is -2.34. The fourth-order valence-corrected chi connectivity index (χ4v) is 3.41. The molecule has 2 aromatic heterocycles. The lowest BCUT2D eigenvalue weighted by molar-refractivity contribution is -0.122. The van der Waals surface area contributed by atoms with Gasteiger partial charge in [-0.05, 0) is 35.4 Å². The second-order valence-electron chi connectivity index (χ2n) is 7.12. The molecule has 2 aromatic carbocycles. The van der Waals surface area contributed by atoms with Gasteiger partial charge in [-0.2, -0.15) is 5.10 Å². The standard InChI is InChI=1S/C24H22N4O3/c1-31-19-8-4-6-17(12-19)15-26-23(29)16-28-24(30)21-10-3-2-9-20(21)22(27-28)13-18-7-5-11-25-14-18/h2-12,14H,13,15-16H2,1H3,(H,26,29). The minimum absolute atomic E-state index is 0.159. The lowest BCUT2D eigenvalue weighted by atomic mass is 10.1. The van der Waals surface area contributed by atoms with Gasteiger partial charge in [-0.15, -0.1) is 0 Å². The highest BCUT2D eigenvalue weighted by Crippen LogP contribution is 2.16. The molecule has 0 unspecified atom stereocenters. The Bertz CT molecular complexity index is 1270. The highest BCUT2D eigenvalue weighted by molar-refractivity contribution is 5.84. The van der Waals surface area contributed by atoms with E-state index in [1.807, 2.05) is 54.6 Å². The summed E-state index contributed by atoms with van der Waals surface area (Å²) < 4.78 is 6.43. The van der Waals surface area contributed by atoms with Crippen LogP contribution in [0.2, 0.25) is 0 Å². The summed E-state index contributed by atoms with van der Waals surface area (Å²) in [5, 5.41) is 8.67. The third-order valence-corrected chi connectivity index (χ3v) is 4.96. The first-order valence-corrected chi connectivity index (χ1v) is 9.91. The zero-order valence-corrected chi connectivity index (χ0v) is 17.1. The van der Waals surface area contributed by atoms with Gasteiger partial charge in [0.25, 0.3) is 5.56 Å². The van der Waals surface area contributed by atoms with E-state index >= 15 is 0 Å². The molecule has 0 spiro atoms. The molecule has 156 valence electrons. The lowest BCUT2D eigenvalue weighted by Gasteiger charge is -2.12. The molecule has 0 aliphatic carbocycles. The van der Waals surface area contributed by atoms with Crippen LogP contribution >= 0.6 is 0 Å². The molecule has 1 amide bonds. The Hall–Kier alpha value is -4.00. The second-order valence-corrected chi connectivity index (χ2v) is 7.12. The number of rotatable bonds is 7. The molecule has 0 aliphatic rings. The fraction of sp³-hybridized carbons (Fsp3) is 0.167. The van der Waals surface area contributed by atoms with E-state index in [1.54, 1.807) is 25.6 Å². The van der Waals surface area contributed by atoms with Gasteiger partial charge in [-0.3, -0.25) is 14.6 Å². The maximum atomic E-state index is 12.9. The molecule has 0 saturated carbocycles. The van der Waals surface area contributed by atoms with E-state index in [0.29, 0.717) is 18.4 Å². The van der Waals surface area contributed by atoms with E-state index in [9.17, 15) is 9.59 Å². The van der Waals surface area contributed by atoms with E-state index < -0.39 is 0 Å². The molecule has 0 atom stereocenters. The van der Waals surface area contributed by atoms with Gasteiger partial charge in [0.15, 0.2) is 0 Å². The van der Waals surface area contributed by atoms with Crippen LogP contribution in [0.15, 0.2) is 77.9 Å². The third-order valence-electron chi connectivity index (χ3n) is 4.96. The summed E-state index contributed by atoms with van der Waals surface area (Å²) in [4.78, 5) is 29.6. The summed E-state index contributed by atoms with van der Waals surface area (Å²) in [7, 11) is 1.60. The Balaban J connectivity index is 1.57. The Morgan fingerprint density at radius 1 is 1.03 bits per heavy atom. The predicted octanol–water partition coefficient (Wildman–Crippen LogP) is 2.71. The number of fused-ring (bicyclic) bond motifs is 1. The largest absolute Gasteiger partial charge is 0.497 e. The van der Waals surface area contributed by atoms with Crippen molar-refractivity contribution in [2.45, 2.75) is 19.5 Å². The summed E-state index contributed by atoms with van der Waals surface area (Å²) in [5.41, 5.74) is 2.32. The summed E-state index contributed by atoms with van der Waals surface area (Å²) in [6.45, 7) is 0.175. The number of ether oxygens (including phenoxy) is 1. The number of pyridine rings is 1. The van der Waals surface area contributed by atoms with Crippen LogP contribution < -0.4 is 15.6 Å². The zero-order valence-electron chi connectivity index (χ0n) is 17.1. The summed E-state index contributed by atoms with van der Waals surface area (Å²) in [5.74, 6) is 0.430. The van der Waals surface area contributed by atoms with Crippen LogP contribution in [0.1, 0.15) is 16.8 Å². The maximum absolute atomic E-state index is 12.9. The number of methoxy groups -OCH3 is 1. The first-order chi connectivity index (χ1) is 15.1. The van der Waals surface area contributed by atoms with E-state index in [2.05, 4.69) is 15.4 Å². The molecule has 0 aliphatic heterocycles. The number of hydrogen-bond donors (Lipinski definition) is 1. The molecule has 0 bridgehead atoms. The first kappa shape index (κ1) is 20.3. The third kappa shape index (κ3) is 4.78. The number of amides is 1. The molecule has 7 nitrogen and oxygen atoms in total. The molecule has 4 aromatic rings. The normalized spacial score (nSPS) is 10.7. The molecule has 4 rings (SSSR count). The van der Waals surface area contributed by atoms with Crippen molar-refractivity contribution in [2.75, 3.05) is 7.11 Å². The van der Waals surface area contributed by atoms with Gasteiger partial charge >= 0.3 is 0 Å². The van der Waals surface area contributed by atoms with Crippen LogP contribution in [-0.4, -0.2) is 27.8 Å². The van der Waals surface area contributed by atoms with Crippen LogP contribution in [0.3, 0.4) is 0 Å². The first-order valence-electron chi connectivity index (χ1n) is 9.91. The van der Waals surface area contributed by atoms with Gasteiger partial charge in [0.1, 0.15) is 12.3 Å². The van der Waals surface area contributed by atoms with E-state index in [0.717, 1.165) is 28.0 Å². The van der Waals surface area contributed by atoms with Gasteiger partial charge in [-0.1, -0.05) is 36.4 Å². The monoisotopic (exact) mass is 414 g/mol. The number of aromatic nitrogens is 3. The van der Waals surface area contributed by atoms with Crippen molar-refractivity contribution >= 4 is 16.7 Å². The Morgan fingerprint density at radius 2 is 1.84 bits per heavy atom. The van der Waals surface area contributed by atoms with Gasteiger partial charge in [-0.25, -0.2) is 4.68 Å². The van der Waals surface area contributed by atoms with E-state index in [4.69, 9.17) is 4.74 Å². The number of carbonyl (C=O) groups is 1. The number of carbonyl (C=O) groups excluding carboxylic acids is 1. The Labute approximate surface area is 179 Å². The molecule has 0 radical (unpaired) electrons. The highest BCUT2D eigenvalue weighted by atomic mass is 16.5. The zero-order chi connectivity index (χ0) is 21.6. The molecule has 2 heterocycles. The van der Waals surface area contributed by atoms with Crippen molar-refractivity contribution in [2.24, 2.45) is 0 Å². The Morgan fingerprint density at radius 3 is 2.61 bits per heavy atom. The maximum Gasteiger partial charge on any atom is 0.275 e. The second kappa shape index (κ2) is 9.21. The van der Waals surface area contributed by atoms with Crippen molar-refractivity contribution in [3.05, 3.63) is 100 Å². The summed E-state index contributed by atoms with van der Waals surface area (Å²) in [6, 6.07) is 18.6.